The first-order valence-corrected chi connectivity index (χ1v) is 22.7. The van der Waals surface area contributed by atoms with Gasteiger partial charge in [0.15, 0.2) is 7.28 Å². The zero-order valence-corrected chi connectivity index (χ0v) is 37.7. The van der Waals surface area contributed by atoms with Crippen molar-refractivity contribution < 1.29 is 0 Å². The van der Waals surface area contributed by atoms with Gasteiger partial charge in [-0.2, -0.15) is 0 Å². The highest BCUT2D eigenvalue weighted by molar-refractivity contribution is 6.73. The number of anilines is 2. The summed E-state index contributed by atoms with van der Waals surface area (Å²) in [5.41, 5.74) is 23.6. The summed E-state index contributed by atoms with van der Waals surface area (Å²) in [7, 11) is 0.855. The average Bonchev–Trinajstić information content (AvgIpc) is 3.70. The maximum atomic E-state index is 3.90. The van der Waals surface area contributed by atoms with Gasteiger partial charge in [-0.1, -0.05) is 172 Å². The number of benzene rings is 7. The Hall–Kier alpha value is -5.80. The van der Waals surface area contributed by atoms with Crippen LogP contribution in [-0.4, -0.2) is 11.8 Å². The van der Waals surface area contributed by atoms with Crippen LogP contribution in [-0.2, 0) is 22.7 Å². The highest BCUT2D eigenvalue weighted by Gasteiger charge is 2.38. The lowest BCUT2D eigenvalue weighted by Gasteiger charge is -2.27. The van der Waals surface area contributed by atoms with E-state index in [1.165, 1.54) is 119 Å². The molecule has 10 rings (SSSR count). The lowest BCUT2D eigenvalue weighted by Crippen LogP contribution is -2.38. The van der Waals surface area contributed by atoms with Gasteiger partial charge in [0.1, 0.15) is 0 Å². The van der Waals surface area contributed by atoms with E-state index < -0.39 is 0 Å². The van der Waals surface area contributed by atoms with Gasteiger partial charge in [0.2, 0.25) is 0 Å². The maximum Gasteiger partial charge on any atom is 0.198 e. The molecule has 2 nitrogen and oxygen atoms in total. The first-order valence-electron chi connectivity index (χ1n) is 22.7. The molecule has 8 aromatic rings. The highest BCUT2D eigenvalue weighted by Crippen LogP contribution is 2.50. The van der Waals surface area contributed by atoms with Gasteiger partial charge in [-0.3, -0.25) is 0 Å². The van der Waals surface area contributed by atoms with E-state index in [1.54, 1.807) is 0 Å². The molecule has 1 aliphatic heterocycles. The molecule has 3 heteroatoms. The van der Waals surface area contributed by atoms with Crippen LogP contribution in [0.1, 0.15) is 109 Å². The molecule has 0 saturated carbocycles. The van der Waals surface area contributed by atoms with Gasteiger partial charge in [-0.15, -0.1) is 0 Å². The molecule has 0 fully saturated rings. The Morgan fingerprint density at radius 3 is 2.02 bits per heavy atom. The highest BCUT2D eigenvalue weighted by atomic mass is 15.0. The normalized spacial score (nSPS) is 13.9. The van der Waals surface area contributed by atoms with Crippen LogP contribution < -0.4 is 16.2 Å². The van der Waals surface area contributed by atoms with Gasteiger partial charge in [0, 0.05) is 44.3 Å². The summed E-state index contributed by atoms with van der Waals surface area (Å²) in [5, 5.41) is 6.57. The Morgan fingerprint density at radius 2 is 1.30 bits per heavy atom. The zero-order chi connectivity index (χ0) is 42.4. The number of nitrogens with zero attached hydrogens (tertiary/aromatic N) is 1. The fourth-order valence-corrected chi connectivity index (χ4v) is 10.4. The molecule has 0 amide bonds. The minimum Gasteiger partial charge on any atom is -0.355 e. The zero-order valence-electron chi connectivity index (χ0n) is 37.7. The summed E-state index contributed by atoms with van der Waals surface area (Å²) in [6.07, 6.45) is 4.89. The van der Waals surface area contributed by atoms with Crippen LogP contribution in [0.2, 0.25) is 0 Å². The third kappa shape index (κ3) is 6.55. The molecule has 2 heterocycles. The Labute approximate surface area is 364 Å². The van der Waals surface area contributed by atoms with Gasteiger partial charge in [-0.25, -0.2) is 0 Å². The predicted octanol–water partition coefficient (Wildman–Crippen LogP) is 14.2. The number of hydrogen-bond donors (Lipinski definition) is 1. The smallest absolute Gasteiger partial charge is 0.198 e. The molecule has 0 spiro atoms. The van der Waals surface area contributed by atoms with E-state index in [0.717, 1.165) is 25.1 Å². The molecule has 7 aromatic carbocycles. The standard InChI is InChI=1S/C58H59BN2/c1-10-11-12-17-36-22-29-40(30-23-36)60-50-21-16-14-19-42(50)45-33-43(37-24-26-38(27-25-37)56(2,3)4)53-46-32-39(57(5,6)7)28-31-51(46)61-52-34-44-41-18-13-15-20-47(41)58(8,9)48(44)35-49(52)59-54(45)55(53)61/h13-16,18-35,59-60H,10-12,17H2,1-9H3. The van der Waals surface area contributed by atoms with Crippen molar-refractivity contribution in [1.29, 1.82) is 0 Å². The SMILES string of the molecule is CCCCCc1ccc(Nc2ccccc2-c2cc(-c3ccc(C(C)(C)C)cc3)c3c4cc(C(C)(C)C)ccc4n4c3c2Bc2cc3c(cc2-4)-c2ccccc2C3(C)C)cc1. The molecule has 1 N–H and O–H groups in total. The van der Waals surface area contributed by atoms with E-state index in [1.807, 2.05) is 0 Å². The topological polar surface area (TPSA) is 17.0 Å². The van der Waals surface area contributed by atoms with E-state index >= 15 is 0 Å². The second-order valence-electron chi connectivity index (χ2n) is 20.5. The molecule has 0 unspecified atom stereocenters. The van der Waals surface area contributed by atoms with Crippen molar-refractivity contribution in [2.45, 2.75) is 104 Å². The van der Waals surface area contributed by atoms with Crippen molar-refractivity contribution in [2.75, 3.05) is 5.32 Å². The van der Waals surface area contributed by atoms with E-state index in [0.29, 0.717) is 0 Å². The van der Waals surface area contributed by atoms with Crippen molar-refractivity contribution >= 4 is 51.4 Å². The van der Waals surface area contributed by atoms with Crippen molar-refractivity contribution in [3.05, 3.63) is 161 Å². The number of rotatable bonds is 8. The quantitative estimate of drug-likeness (QED) is 0.120. The fourth-order valence-electron chi connectivity index (χ4n) is 10.4. The Morgan fingerprint density at radius 1 is 0.607 bits per heavy atom. The van der Waals surface area contributed by atoms with Gasteiger partial charge < -0.3 is 9.88 Å². The van der Waals surface area contributed by atoms with E-state index in [4.69, 9.17) is 0 Å². The molecule has 0 saturated heterocycles. The summed E-state index contributed by atoms with van der Waals surface area (Å²) >= 11 is 0. The number of hydrogen-bond acceptors (Lipinski definition) is 1. The molecule has 0 radical (unpaired) electrons. The number of unbranched alkanes of at least 4 members (excludes halogenated alkanes) is 2. The minimum atomic E-state index is -0.0785. The van der Waals surface area contributed by atoms with Crippen LogP contribution in [0.4, 0.5) is 11.4 Å². The van der Waals surface area contributed by atoms with Gasteiger partial charge in [0.25, 0.3) is 0 Å². The monoisotopic (exact) mass is 794 g/mol. The van der Waals surface area contributed by atoms with Crippen molar-refractivity contribution in [3.63, 3.8) is 0 Å². The van der Waals surface area contributed by atoms with Crippen LogP contribution in [0, 0.1) is 0 Å². The molecular weight excluding hydrogens is 735 g/mol. The third-order valence-electron chi connectivity index (χ3n) is 14.0. The molecule has 0 bridgehead atoms. The minimum absolute atomic E-state index is 0.00637. The Kier molecular flexibility index (Phi) is 9.29. The van der Waals surface area contributed by atoms with E-state index in [2.05, 4.69) is 206 Å². The van der Waals surface area contributed by atoms with Gasteiger partial charge >= 0.3 is 0 Å². The van der Waals surface area contributed by atoms with E-state index in [-0.39, 0.29) is 16.2 Å². The molecule has 61 heavy (non-hydrogen) atoms. The van der Waals surface area contributed by atoms with E-state index in [9.17, 15) is 0 Å². The maximum absolute atomic E-state index is 3.90. The third-order valence-corrected chi connectivity index (χ3v) is 14.0. The van der Waals surface area contributed by atoms with Crippen LogP contribution in [0.15, 0.2) is 133 Å². The molecular formula is C58H59BN2. The summed E-state index contributed by atoms with van der Waals surface area (Å²) in [5.74, 6) is 0. The second kappa shape index (κ2) is 14.4. The van der Waals surface area contributed by atoms with Crippen molar-refractivity contribution in [2.24, 2.45) is 0 Å². The largest absolute Gasteiger partial charge is 0.355 e. The summed E-state index contributed by atoms with van der Waals surface area (Å²) in [6, 6.07) is 51.5. The molecule has 1 aromatic heterocycles. The summed E-state index contributed by atoms with van der Waals surface area (Å²) < 4.78 is 2.64. The Balaban J connectivity index is 1.26. The second-order valence-corrected chi connectivity index (χ2v) is 20.5. The summed E-state index contributed by atoms with van der Waals surface area (Å²) in [6.45, 7) is 21.0. The average molecular weight is 795 g/mol. The van der Waals surface area contributed by atoms with Crippen LogP contribution in [0.5, 0.6) is 0 Å². The van der Waals surface area contributed by atoms with Crippen molar-refractivity contribution in [3.8, 4) is 39.1 Å². The first-order chi connectivity index (χ1) is 29.2. The molecule has 2 aliphatic rings. The number of fused-ring (bicyclic) bond motifs is 8. The molecule has 304 valence electrons. The van der Waals surface area contributed by atoms with Crippen molar-refractivity contribution in [1.82, 2.24) is 4.57 Å². The Bertz CT molecular complexity index is 3000. The van der Waals surface area contributed by atoms with Crippen LogP contribution in [0.3, 0.4) is 0 Å². The van der Waals surface area contributed by atoms with Gasteiger partial charge in [0.05, 0.1) is 5.52 Å². The number of aromatic nitrogens is 1. The lowest BCUT2D eigenvalue weighted by atomic mass is 9.58. The lowest BCUT2D eigenvalue weighted by molar-refractivity contribution is 0.590. The molecule has 0 atom stereocenters. The summed E-state index contributed by atoms with van der Waals surface area (Å²) in [4.78, 5) is 0. The van der Waals surface area contributed by atoms with Gasteiger partial charge in [-0.05, 0) is 127 Å². The predicted molar refractivity (Wildman–Crippen MR) is 266 cm³/mol. The first kappa shape index (κ1) is 39.3. The number of aryl methyl sites for hydroxylation is 1. The molecule has 1 aliphatic carbocycles. The number of nitrogens with one attached hydrogen (secondary N) is 1. The number of para-hydroxylation sites is 1. The van der Waals surface area contributed by atoms with Crippen LogP contribution >= 0.6 is 0 Å². The fraction of sp³-hybridized carbons (Fsp3) is 0.276. The van der Waals surface area contributed by atoms with Crippen LogP contribution in [0.25, 0.3) is 60.9 Å².